The molecule has 2 aromatic carbocycles. The zero-order chi connectivity index (χ0) is 17.2. The Morgan fingerprint density at radius 1 is 1.12 bits per heavy atom. The van der Waals surface area contributed by atoms with Crippen LogP contribution in [0.2, 0.25) is 0 Å². The number of carbonyl (C=O) groups is 1. The van der Waals surface area contributed by atoms with E-state index in [1.807, 2.05) is 66.9 Å². The van der Waals surface area contributed by atoms with E-state index >= 15 is 0 Å². The molecule has 0 bridgehead atoms. The fraction of sp³-hybridized carbons (Fsp3) is 0.200. The van der Waals surface area contributed by atoms with Gasteiger partial charge in [0, 0.05) is 16.5 Å². The van der Waals surface area contributed by atoms with E-state index in [-0.39, 0.29) is 5.91 Å². The fourth-order valence-corrected chi connectivity index (χ4v) is 3.18. The van der Waals surface area contributed by atoms with Crippen LogP contribution in [-0.4, -0.2) is 21.9 Å². The minimum absolute atomic E-state index is 0.139. The van der Waals surface area contributed by atoms with Crippen molar-refractivity contribution in [2.45, 2.75) is 23.7 Å². The van der Waals surface area contributed by atoms with E-state index in [9.17, 15) is 4.79 Å². The number of hydrogen-bond donors (Lipinski definition) is 1. The highest BCUT2D eigenvalue weighted by Crippen LogP contribution is 2.39. The molecule has 4 nitrogen and oxygen atoms in total. The Balaban J connectivity index is 1.64. The Bertz CT molecular complexity index is 883. The molecule has 1 N–H and O–H groups in total. The number of benzene rings is 2. The quantitative estimate of drug-likeness (QED) is 0.678. The Morgan fingerprint density at radius 2 is 1.84 bits per heavy atom. The number of amides is 1. The number of thioether (sulfide) groups is 1. The first kappa shape index (κ1) is 16.0. The number of para-hydroxylation sites is 1. The van der Waals surface area contributed by atoms with Crippen LogP contribution in [-0.2, 0) is 0 Å². The van der Waals surface area contributed by atoms with Crippen molar-refractivity contribution in [1.29, 1.82) is 0 Å². The topological polar surface area (TPSA) is 46.9 Å². The van der Waals surface area contributed by atoms with Gasteiger partial charge in [0.25, 0.3) is 5.91 Å². The first-order chi connectivity index (χ1) is 12.2. The lowest BCUT2D eigenvalue weighted by molar-refractivity contribution is 0.101. The highest BCUT2D eigenvalue weighted by Gasteiger charge is 2.29. The Kier molecular flexibility index (Phi) is 4.32. The smallest absolute Gasteiger partial charge is 0.274 e. The van der Waals surface area contributed by atoms with Crippen LogP contribution in [0.3, 0.4) is 0 Å². The molecule has 0 spiro atoms. The zero-order valence-electron chi connectivity index (χ0n) is 14.0. The molecule has 1 aromatic heterocycles. The van der Waals surface area contributed by atoms with Crippen LogP contribution in [0, 0.1) is 0 Å². The summed E-state index contributed by atoms with van der Waals surface area (Å²) in [6, 6.07) is 19.6. The molecule has 0 aliphatic heterocycles. The molecular formula is C20H19N3OS. The Hall–Kier alpha value is -2.53. The summed E-state index contributed by atoms with van der Waals surface area (Å²) in [7, 11) is 0. The van der Waals surface area contributed by atoms with E-state index in [2.05, 4.69) is 10.4 Å². The molecule has 1 heterocycles. The number of anilines is 1. The summed E-state index contributed by atoms with van der Waals surface area (Å²) >= 11 is 1.68. The lowest BCUT2D eigenvalue weighted by atomic mass is 10.2. The van der Waals surface area contributed by atoms with Gasteiger partial charge in [-0.1, -0.05) is 18.2 Å². The summed E-state index contributed by atoms with van der Waals surface area (Å²) in [5.74, 6) is 0.359. The maximum atomic E-state index is 12.8. The van der Waals surface area contributed by atoms with Gasteiger partial charge in [0.15, 0.2) is 0 Å². The molecule has 0 saturated heterocycles. The number of hydrogen-bond acceptors (Lipinski definition) is 3. The van der Waals surface area contributed by atoms with Crippen LogP contribution in [0.25, 0.3) is 5.69 Å². The summed E-state index contributed by atoms with van der Waals surface area (Å²) in [5.41, 5.74) is 3.27. The fourth-order valence-electron chi connectivity index (χ4n) is 2.78. The number of carbonyl (C=O) groups excluding carboxylic acids is 1. The molecule has 1 fully saturated rings. The van der Waals surface area contributed by atoms with E-state index in [0.717, 1.165) is 29.9 Å². The van der Waals surface area contributed by atoms with Crippen molar-refractivity contribution in [3.63, 3.8) is 0 Å². The van der Waals surface area contributed by atoms with Crippen LogP contribution in [0.15, 0.2) is 65.6 Å². The predicted molar refractivity (Wildman–Crippen MR) is 102 cm³/mol. The lowest BCUT2D eigenvalue weighted by Crippen LogP contribution is -2.16. The Morgan fingerprint density at radius 3 is 2.48 bits per heavy atom. The summed E-state index contributed by atoms with van der Waals surface area (Å²) in [5, 5.41) is 7.67. The molecule has 1 saturated carbocycles. The standard InChI is InChI=1S/C20H19N3OS/c1-25-17-11-9-15(10-12-17)21-20(24)19-13-18(14-7-8-14)22-23(19)16-5-3-2-4-6-16/h2-6,9-14H,7-8H2,1H3,(H,21,24). The largest absolute Gasteiger partial charge is 0.321 e. The van der Waals surface area contributed by atoms with E-state index in [1.165, 1.54) is 4.90 Å². The van der Waals surface area contributed by atoms with E-state index in [1.54, 1.807) is 16.4 Å². The molecule has 25 heavy (non-hydrogen) atoms. The molecule has 126 valence electrons. The second kappa shape index (κ2) is 6.76. The summed E-state index contributed by atoms with van der Waals surface area (Å²) in [6.45, 7) is 0. The first-order valence-corrected chi connectivity index (χ1v) is 9.58. The van der Waals surface area contributed by atoms with Gasteiger partial charge in [-0.05, 0) is 61.6 Å². The van der Waals surface area contributed by atoms with Crippen molar-refractivity contribution >= 4 is 23.4 Å². The third kappa shape index (κ3) is 3.46. The second-order valence-corrected chi connectivity index (χ2v) is 7.04. The van der Waals surface area contributed by atoms with Gasteiger partial charge in [-0.3, -0.25) is 4.79 Å². The minimum Gasteiger partial charge on any atom is -0.321 e. The average molecular weight is 349 g/mol. The van der Waals surface area contributed by atoms with Gasteiger partial charge in [0.05, 0.1) is 11.4 Å². The van der Waals surface area contributed by atoms with Crippen LogP contribution in [0.1, 0.15) is 34.9 Å². The minimum atomic E-state index is -0.139. The number of nitrogens with one attached hydrogen (secondary N) is 1. The molecule has 3 aromatic rings. The van der Waals surface area contributed by atoms with Crippen molar-refractivity contribution in [1.82, 2.24) is 9.78 Å². The predicted octanol–water partition coefficient (Wildman–Crippen LogP) is 4.72. The summed E-state index contributed by atoms with van der Waals surface area (Å²) in [4.78, 5) is 14.0. The SMILES string of the molecule is CSc1ccc(NC(=O)c2cc(C3CC3)nn2-c2ccccc2)cc1. The van der Waals surface area contributed by atoms with Crippen LogP contribution >= 0.6 is 11.8 Å². The van der Waals surface area contributed by atoms with Crippen molar-refractivity contribution in [3.05, 3.63) is 72.1 Å². The molecule has 1 aliphatic rings. The molecule has 1 aliphatic carbocycles. The molecule has 0 unspecified atom stereocenters. The van der Waals surface area contributed by atoms with Gasteiger partial charge < -0.3 is 5.32 Å². The van der Waals surface area contributed by atoms with Gasteiger partial charge in [-0.15, -0.1) is 11.8 Å². The van der Waals surface area contributed by atoms with Crippen molar-refractivity contribution < 1.29 is 4.79 Å². The third-order valence-corrected chi connectivity index (χ3v) is 5.05. The average Bonchev–Trinajstić information content (AvgIpc) is 3.41. The first-order valence-electron chi connectivity index (χ1n) is 8.35. The van der Waals surface area contributed by atoms with Crippen molar-refractivity contribution in [3.8, 4) is 5.69 Å². The van der Waals surface area contributed by atoms with Gasteiger partial charge in [-0.2, -0.15) is 5.10 Å². The van der Waals surface area contributed by atoms with Crippen LogP contribution < -0.4 is 5.32 Å². The van der Waals surface area contributed by atoms with Crippen molar-refractivity contribution in [2.24, 2.45) is 0 Å². The van der Waals surface area contributed by atoms with Crippen LogP contribution in [0.5, 0.6) is 0 Å². The molecule has 1 amide bonds. The third-order valence-electron chi connectivity index (χ3n) is 4.31. The molecule has 0 radical (unpaired) electrons. The van der Waals surface area contributed by atoms with Gasteiger partial charge in [-0.25, -0.2) is 4.68 Å². The molecule has 5 heteroatoms. The maximum absolute atomic E-state index is 12.8. The van der Waals surface area contributed by atoms with E-state index < -0.39 is 0 Å². The molecule has 0 atom stereocenters. The molecule has 4 rings (SSSR count). The van der Waals surface area contributed by atoms with E-state index in [0.29, 0.717) is 11.6 Å². The zero-order valence-corrected chi connectivity index (χ0v) is 14.8. The van der Waals surface area contributed by atoms with E-state index in [4.69, 9.17) is 0 Å². The normalized spacial score (nSPS) is 13.6. The highest BCUT2D eigenvalue weighted by molar-refractivity contribution is 7.98. The van der Waals surface area contributed by atoms with Gasteiger partial charge in [0.2, 0.25) is 0 Å². The molecular weight excluding hydrogens is 330 g/mol. The van der Waals surface area contributed by atoms with Crippen LogP contribution in [0.4, 0.5) is 5.69 Å². The summed E-state index contributed by atoms with van der Waals surface area (Å²) < 4.78 is 1.75. The monoisotopic (exact) mass is 349 g/mol. The lowest BCUT2D eigenvalue weighted by Gasteiger charge is -2.08. The second-order valence-electron chi connectivity index (χ2n) is 6.16. The number of rotatable bonds is 5. The summed E-state index contributed by atoms with van der Waals surface area (Å²) in [6.07, 6.45) is 4.34. The highest BCUT2D eigenvalue weighted by atomic mass is 32.2. The van der Waals surface area contributed by atoms with Crippen molar-refractivity contribution in [2.75, 3.05) is 11.6 Å². The van der Waals surface area contributed by atoms with Gasteiger partial charge in [0.1, 0.15) is 5.69 Å². The number of aromatic nitrogens is 2. The Labute approximate surface area is 151 Å². The number of nitrogens with zero attached hydrogens (tertiary/aromatic N) is 2. The van der Waals surface area contributed by atoms with Gasteiger partial charge >= 0.3 is 0 Å². The maximum Gasteiger partial charge on any atom is 0.274 e.